The molecule has 1 atom stereocenters. The van der Waals surface area contributed by atoms with E-state index in [0.29, 0.717) is 12.2 Å². The minimum absolute atomic E-state index is 0.0616. The lowest BCUT2D eigenvalue weighted by atomic mass is 9.66. The molecule has 1 nitrogen and oxygen atoms in total. The molecule has 2 aliphatic carbocycles. The minimum atomic E-state index is -0.802. The number of benzene rings is 1. The van der Waals surface area contributed by atoms with Gasteiger partial charge in [-0.2, -0.15) is 4.39 Å². The fraction of sp³-hybridized carbons (Fsp3) is 0.786. The molecule has 2 aliphatic rings. The molecule has 1 aromatic carbocycles. The molecule has 0 radical (unpaired) electrons. The number of hydrogen-bond donors (Lipinski definition) is 0. The SMILES string of the molecule is CCCCOc1ccc([C@H]2CC[C@H](C(C)C3CCC(CCCC)CC3)CC2)c(F)c1F. The van der Waals surface area contributed by atoms with Crippen LogP contribution >= 0.6 is 0 Å². The second kappa shape index (κ2) is 12.2. The van der Waals surface area contributed by atoms with Gasteiger partial charge in [0.1, 0.15) is 0 Å². The molecular weight excluding hydrogens is 390 g/mol. The third kappa shape index (κ3) is 6.45. The lowest BCUT2D eigenvalue weighted by Crippen LogP contribution is -2.28. The first-order valence-corrected chi connectivity index (χ1v) is 13.2. The van der Waals surface area contributed by atoms with Crippen LogP contribution in [-0.2, 0) is 0 Å². The molecule has 0 spiro atoms. The van der Waals surface area contributed by atoms with Crippen molar-refractivity contribution in [1.29, 1.82) is 0 Å². The standard InChI is InChI=1S/C28H44F2O/c1-4-6-8-21-9-11-22(12-10-21)20(3)23-13-15-24(16-14-23)25-17-18-26(28(30)27(25)29)31-19-7-5-2/h17-18,20-24H,4-16,19H2,1-3H3/t20?,21?,22?,23-,24-. The summed E-state index contributed by atoms with van der Waals surface area (Å²) in [5.74, 6) is 2.07. The van der Waals surface area contributed by atoms with E-state index in [-0.39, 0.29) is 11.7 Å². The minimum Gasteiger partial charge on any atom is -0.490 e. The van der Waals surface area contributed by atoms with E-state index in [1.165, 1.54) is 44.9 Å². The van der Waals surface area contributed by atoms with Crippen molar-refractivity contribution in [2.75, 3.05) is 6.61 Å². The van der Waals surface area contributed by atoms with Gasteiger partial charge in [-0.25, -0.2) is 4.39 Å². The Morgan fingerprint density at radius 1 is 0.839 bits per heavy atom. The number of hydrogen-bond acceptors (Lipinski definition) is 1. The van der Waals surface area contributed by atoms with Crippen LogP contribution in [-0.4, -0.2) is 6.61 Å². The van der Waals surface area contributed by atoms with Crippen molar-refractivity contribution in [2.45, 2.75) is 110 Å². The van der Waals surface area contributed by atoms with E-state index in [9.17, 15) is 8.78 Å². The van der Waals surface area contributed by atoms with E-state index in [4.69, 9.17) is 4.74 Å². The average molecular weight is 435 g/mol. The molecule has 176 valence electrons. The van der Waals surface area contributed by atoms with Crippen molar-refractivity contribution >= 4 is 0 Å². The first kappa shape index (κ1) is 24.5. The number of halogens is 2. The molecule has 0 bridgehead atoms. The highest BCUT2D eigenvalue weighted by atomic mass is 19.2. The number of unbranched alkanes of at least 4 members (excludes halogenated alkanes) is 2. The predicted molar refractivity (Wildman–Crippen MR) is 126 cm³/mol. The molecular formula is C28H44F2O. The molecule has 2 saturated carbocycles. The van der Waals surface area contributed by atoms with Gasteiger partial charge in [-0.05, 0) is 86.2 Å². The Kier molecular flexibility index (Phi) is 9.66. The summed E-state index contributed by atoms with van der Waals surface area (Å²) in [6, 6.07) is 3.40. The summed E-state index contributed by atoms with van der Waals surface area (Å²) >= 11 is 0. The lowest BCUT2D eigenvalue weighted by Gasteiger charge is -2.39. The third-order valence-corrected chi connectivity index (χ3v) is 8.39. The van der Waals surface area contributed by atoms with Gasteiger partial charge in [-0.1, -0.05) is 65.4 Å². The van der Waals surface area contributed by atoms with Crippen LogP contribution in [0.2, 0.25) is 0 Å². The lowest BCUT2D eigenvalue weighted by molar-refractivity contribution is 0.131. The Hall–Kier alpha value is -1.12. The molecule has 31 heavy (non-hydrogen) atoms. The highest BCUT2D eigenvalue weighted by molar-refractivity contribution is 5.33. The van der Waals surface area contributed by atoms with Crippen LogP contribution in [0.25, 0.3) is 0 Å². The van der Waals surface area contributed by atoms with E-state index < -0.39 is 11.6 Å². The molecule has 0 aromatic heterocycles. The quantitative estimate of drug-likeness (QED) is 0.334. The largest absolute Gasteiger partial charge is 0.490 e. The molecule has 0 N–H and O–H groups in total. The topological polar surface area (TPSA) is 9.23 Å². The van der Waals surface area contributed by atoms with Gasteiger partial charge < -0.3 is 4.74 Å². The summed E-state index contributed by atoms with van der Waals surface area (Å²) in [4.78, 5) is 0. The molecule has 0 saturated heterocycles. The second-order valence-electron chi connectivity index (χ2n) is 10.4. The van der Waals surface area contributed by atoms with Crippen LogP contribution < -0.4 is 4.74 Å². The van der Waals surface area contributed by atoms with Gasteiger partial charge in [0.25, 0.3) is 0 Å². The summed E-state index contributed by atoms with van der Waals surface area (Å²) in [6.45, 7) is 7.25. The average Bonchev–Trinajstić information content (AvgIpc) is 2.81. The van der Waals surface area contributed by atoms with E-state index in [1.54, 1.807) is 12.1 Å². The first-order chi connectivity index (χ1) is 15.0. The molecule has 2 fully saturated rings. The Bertz CT molecular complexity index is 657. The van der Waals surface area contributed by atoms with Crippen LogP contribution in [0.1, 0.15) is 116 Å². The van der Waals surface area contributed by atoms with Gasteiger partial charge in [0.2, 0.25) is 5.82 Å². The molecule has 3 rings (SSSR count). The molecule has 1 unspecified atom stereocenters. The zero-order valence-corrected chi connectivity index (χ0v) is 20.1. The van der Waals surface area contributed by atoms with Crippen LogP contribution in [0.4, 0.5) is 8.78 Å². The Labute approximate surface area is 189 Å². The van der Waals surface area contributed by atoms with Crippen LogP contribution in [0, 0.1) is 35.3 Å². The molecule has 0 amide bonds. The summed E-state index contributed by atoms with van der Waals surface area (Å²) in [5.41, 5.74) is 0.558. The summed E-state index contributed by atoms with van der Waals surface area (Å²) < 4.78 is 34.7. The van der Waals surface area contributed by atoms with Crippen LogP contribution in [0.15, 0.2) is 12.1 Å². The van der Waals surface area contributed by atoms with Gasteiger partial charge in [0.05, 0.1) is 6.61 Å². The van der Waals surface area contributed by atoms with Crippen molar-refractivity contribution in [3.63, 3.8) is 0 Å². The van der Waals surface area contributed by atoms with Crippen molar-refractivity contribution in [3.05, 3.63) is 29.3 Å². The summed E-state index contributed by atoms with van der Waals surface area (Å²) in [7, 11) is 0. The number of ether oxygens (including phenoxy) is 1. The van der Waals surface area contributed by atoms with Crippen molar-refractivity contribution in [1.82, 2.24) is 0 Å². The van der Waals surface area contributed by atoms with E-state index in [1.807, 2.05) is 0 Å². The van der Waals surface area contributed by atoms with Gasteiger partial charge in [-0.15, -0.1) is 0 Å². The normalized spacial score (nSPS) is 27.8. The highest BCUT2D eigenvalue weighted by Gasteiger charge is 2.33. The van der Waals surface area contributed by atoms with Gasteiger partial charge in [0.15, 0.2) is 11.6 Å². The zero-order valence-electron chi connectivity index (χ0n) is 20.1. The van der Waals surface area contributed by atoms with Crippen molar-refractivity contribution in [2.24, 2.45) is 23.7 Å². The van der Waals surface area contributed by atoms with Crippen molar-refractivity contribution in [3.8, 4) is 5.75 Å². The van der Waals surface area contributed by atoms with Crippen LogP contribution in [0.3, 0.4) is 0 Å². The van der Waals surface area contributed by atoms with Crippen molar-refractivity contribution < 1.29 is 13.5 Å². The first-order valence-electron chi connectivity index (χ1n) is 13.2. The van der Waals surface area contributed by atoms with Crippen LogP contribution in [0.5, 0.6) is 5.75 Å². The summed E-state index contributed by atoms with van der Waals surface area (Å²) in [6.07, 6.45) is 15.8. The van der Waals surface area contributed by atoms with Gasteiger partial charge in [0, 0.05) is 0 Å². The Balaban J connectivity index is 1.50. The smallest absolute Gasteiger partial charge is 0.200 e. The van der Waals surface area contributed by atoms with Gasteiger partial charge >= 0.3 is 0 Å². The maximum Gasteiger partial charge on any atom is 0.200 e. The maximum atomic E-state index is 14.8. The van der Waals surface area contributed by atoms with E-state index in [0.717, 1.165) is 62.2 Å². The molecule has 0 aliphatic heterocycles. The van der Waals surface area contributed by atoms with Gasteiger partial charge in [-0.3, -0.25) is 0 Å². The maximum absolute atomic E-state index is 14.8. The second-order valence-corrected chi connectivity index (χ2v) is 10.4. The third-order valence-electron chi connectivity index (χ3n) is 8.39. The zero-order chi connectivity index (χ0) is 22.2. The summed E-state index contributed by atoms with van der Waals surface area (Å²) in [5, 5.41) is 0. The molecule has 0 heterocycles. The van der Waals surface area contributed by atoms with E-state index in [2.05, 4.69) is 20.8 Å². The molecule has 3 heteroatoms. The molecule has 1 aromatic rings. The fourth-order valence-electron chi connectivity index (χ4n) is 6.14. The highest BCUT2D eigenvalue weighted by Crippen LogP contribution is 2.45. The number of rotatable bonds is 10. The Morgan fingerprint density at radius 3 is 2.06 bits per heavy atom. The van der Waals surface area contributed by atoms with E-state index >= 15 is 0 Å². The Morgan fingerprint density at radius 2 is 1.45 bits per heavy atom. The monoisotopic (exact) mass is 434 g/mol. The predicted octanol–water partition coefficient (Wildman–Crippen LogP) is 9.05. The fourth-order valence-corrected chi connectivity index (χ4v) is 6.14.